The second-order valence-electron chi connectivity index (χ2n) is 2.13. The lowest BCUT2D eigenvalue weighted by Crippen LogP contribution is -1.97. The van der Waals surface area contributed by atoms with E-state index in [-0.39, 0.29) is 0 Å². The van der Waals surface area contributed by atoms with Crippen molar-refractivity contribution in [2.75, 3.05) is 5.73 Å². The lowest BCUT2D eigenvalue weighted by atomic mass is 10.2. The van der Waals surface area contributed by atoms with E-state index in [0.717, 1.165) is 11.1 Å². The molecule has 1 aromatic heterocycles. The maximum atomic E-state index is 5.62. The minimum atomic E-state index is 0.436. The van der Waals surface area contributed by atoms with E-state index in [1.54, 1.807) is 6.20 Å². The molecule has 0 aliphatic rings. The Morgan fingerprint density at radius 2 is 2.40 bits per heavy atom. The van der Waals surface area contributed by atoms with Gasteiger partial charge >= 0.3 is 0 Å². The molecule has 3 heteroatoms. The van der Waals surface area contributed by atoms with Crippen LogP contribution in [0.4, 0.5) is 5.82 Å². The number of hydrogen-bond acceptors (Lipinski definition) is 2. The summed E-state index contributed by atoms with van der Waals surface area (Å²) in [7, 11) is 0. The quantitative estimate of drug-likeness (QED) is 0.629. The van der Waals surface area contributed by atoms with E-state index in [9.17, 15) is 0 Å². The molecule has 1 aromatic rings. The first kappa shape index (κ1) is 7.35. The standard InChI is InChI=1S/C7H9ClN2/c1-5-2-3-10-7(9)6(5)4-8/h2-3H,4H2,1H3,(H2,9,10). The average molecular weight is 157 g/mol. The summed E-state index contributed by atoms with van der Waals surface area (Å²) in [6, 6.07) is 1.90. The SMILES string of the molecule is Cc1ccnc(N)c1CCl. The first-order valence-corrected chi connectivity index (χ1v) is 3.55. The molecule has 0 radical (unpaired) electrons. The van der Waals surface area contributed by atoms with Gasteiger partial charge in [-0.05, 0) is 18.6 Å². The Morgan fingerprint density at radius 1 is 1.70 bits per heavy atom. The first-order valence-electron chi connectivity index (χ1n) is 3.01. The second-order valence-corrected chi connectivity index (χ2v) is 2.39. The van der Waals surface area contributed by atoms with Crippen molar-refractivity contribution >= 4 is 17.4 Å². The van der Waals surface area contributed by atoms with Crippen LogP contribution in [0.2, 0.25) is 0 Å². The van der Waals surface area contributed by atoms with Gasteiger partial charge in [0.05, 0.1) is 5.88 Å². The summed E-state index contributed by atoms with van der Waals surface area (Å²) in [5.41, 5.74) is 7.57. The van der Waals surface area contributed by atoms with Crippen LogP contribution in [0, 0.1) is 6.92 Å². The second kappa shape index (κ2) is 2.88. The van der Waals surface area contributed by atoms with Gasteiger partial charge in [0.15, 0.2) is 0 Å². The van der Waals surface area contributed by atoms with E-state index in [2.05, 4.69) is 4.98 Å². The molecule has 2 N–H and O–H groups in total. The molecule has 0 amide bonds. The molecule has 0 atom stereocenters. The Kier molecular flexibility index (Phi) is 2.12. The van der Waals surface area contributed by atoms with Crippen LogP contribution < -0.4 is 5.73 Å². The van der Waals surface area contributed by atoms with Crippen molar-refractivity contribution in [3.63, 3.8) is 0 Å². The molecule has 0 bridgehead atoms. The summed E-state index contributed by atoms with van der Waals surface area (Å²) in [5, 5.41) is 0. The van der Waals surface area contributed by atoms with E-state index >= 15 is 0 Å². The number of halogens is 1. The largest absolute Gasteiger partial charge is 0.383 e. The van der Waals surface area contributed by atoms with Crippen LogP contribution in [0.5, 0.6) is 0 Å². The molecule has 10 heavy (non-hydrogen) atoms. The van der Waals surface area contributed by atoms with Crippen LogP contribution in [-0.2, 0) is 5.88 Å². The van der Waals surface area contributed by atoms with E-state index in [0.29, 0.717) is 11.7 Å². The number of aryl methyl sites for hydroxylation is 1. The third kappa shape index (κ3) is 1.21. The highest BCUT2D eigenvalue weighted by molar-refractivity contribution is 6.17. The molecule has 2 nitrogen and oxygen atoms in total. The van der Waals surface area contributed by atoms with E-state index in [1.165, 1.54) is 0 Å². The van der Waals surface area contributed by atoms with Crippen LogP contribution in [0.1, 0.15) is 11.1 Å². The fourth-order valence-electron chi connectivity index (χ4n) is 0.784. The minimum absolute atomic E-state index is 0.436. The van der Waals surface area contributed by atoms with Crippen LogP contribution in [-0.4, -0.2) is 4.98 Å². The third-order valence-electron chi connectivity index (χ3n) is 1.46. The fraction of sp³-hybridized carbons (Fsp3) is 0.286. The predicted octanol–water partition coefficient (Wildman–Crippen LogP) is 1.71. The van der Waals surface area contributed by atoms with Crippen molar-refractivity contribution < 1.29 is 0 Å². The maximum Gasteiger partial charge on any atom is 0.128 e. The number of aromatic nitrogens is 1. The summed E-state index contributed by atoms with van der Waals surface area (Å²) >= 11 is 5.62. The number of pyridine rings is 1. The zero-order chi connectivity index (χ0) is 7.56. The summed E-state index contributed by atoms with van der Waals surface area (Å²) in [4.78, 5) is 3.90. The molecule has 0 aliphatic heterocycles. The van der Waals surface area contributed by atoms with Crippen molar-refractivity contribution in [3.8, 4) is 0 Å². The smallest absolute Gasteiger partial charge is 0.128 e. The maximum absolute atomic E-state index is 5.62. The van der Waals surface area contributed by atoms with Crippen molar-refractivity contribution in [2.24, 2.45) is 0 Å². The van der Waals surface area contributed by atoms with Gasteiger partial charge < -0.3 is 5.73 Å². The Balaban J connectivity index is 3.17. The highest BCUT2D eigenvalue weighted by Gasteiger charge is 2.00. The molecule has 0 saturated carbocycles. The molecule has 0 spiro atoms. The molecule has 0 aliphatic carbocycles. The monoisotopic (exact) mass is 156 g/mol. The van der Waals surface area contributed by atoms with Crippen molar-refractivity contribution in [3.05, 3.63) is 23.4 Å². The van der Waals surface area contributed by atoms with Gasteiger partial charge in [-0.1, -0.05) is 0 Å². The zero-order valence-corrected chi connectivity index (χ0v) is 6.52. The molecular weight excluding hydrogens is 148 g/mol. The number of rotatable bonds is 1. The van der Waals surface area contributed by atoms with Gasteiger partial charge in [-0.3, -0.25) is 0 Å². The number of nitrogens with two attached hydrogens (primary N) is 1. The topological polar surface area (TPSA) is 38.9 Å². The third-order valence-corrected chi connectivity index (χ3v) is 1.72. The first-order chi connectivity index (χ1) is 4.75. The van der Waals surface area contributed by atoms with Crippen molar-refractivity contribution in [1.82, 2.24) is 4.98 Å². The Bertz CT molecular complexity index is 215. The number of nitrogen functional groups attached to an aromatic ring is 1. The molecular formula is C7H9ClN2. The van der Waals surface area contributed by atoms with Crippen LogP contribution >= 0.6 is 11.6 Å². The molecule has 54 valence electrons. The Labute approximate surface area is 65.0 Å². The van der Waals surface area contributed by atoms with Crippen LogP contribution in [0.3, 0.4) is 0 Å². The summed E-state index contributed by atoms with van der Waals surface area (Å²) < 4.78 is 0. The highest BCUT2D eigenvalue weighted by Crippen LogP contribution is 2.14. The van der Waals surface area contributed by atoms with E-state index < -0.39 is 0 Å². The Hall–Kier alpha value is -0.760. The molecule has 0 fully saturated rings. The van der Waals surface area contributed by atoms with Crippen molar-refractivity contribution in [1.29, 1.82) is 0 Å². The molecule has 0 aromatic carbocycles. The van der Waals surface area contributed by atoms with Gasteiger partial charge in [0.25, 0.3) is 0 Å². The number of alkyl halides is 1. The molecule has 0 unspecified atom stereocenters. The summed E-state index contributed by atoms with van der Waals surface area (Å²) in [5.74, 6) is 0.973. The van der Waals surface area contributed by atoms with Crippen molar-refractivity contribution in [2.45, 2.75) is 12.8 Å². The van der Waals surface area contributed by atoms with Gasteiger partial charge in [-0.15, -0.1) is 11.6 Å². The summed E-state index contributed by atoms with van der Waals surface area (Å²) in [6.07, 6.45) is 1.68. The van der Waals surface area contributed by atoms with E-state index in [4.69, 9.17) is 17.3 Å². The average Bonchev–Trinajstić information content (AvgIpc) is 1.88. The van der Waals surface area contributed by atoms with Gasteiger partial charge in [0.1, 0.15) is 5.82 Å². The summed E-state index contributed by atoms with van der Waals surface area (Å²) in [6.45, 7) is 1.97. The normalized spacial score (nSPS) is 9.80. The molecule has 1 heterocycles. The Morgan fingerprint density at radius 3 is 2.80 bits per heavy atom. The number of anilines is 1. The molecule has 0 saturated heterocycles. The van der Waals surface area contributed by atoms with Crippen LogP contribution in [0.25, 0.3) is 0 Å². The highest BCUT2D eigenvalue weighted by atomic mass is 35.5. The number of nitrogens with zero attached hydrogens (tertiary/aromatic N) is 1. The zero-order valence-electron chi connectivity index (χ0n) is 5.76. The predicted molar refractivity (Wildman–Crippen MR) is 42.9 cm³/mol. The van der Waals surface area contributed by atoms with Gasteiger partial charge in [0.2, 0.25) is 0 Å². The minimum Gasteiger partial charge on any atom is -0.383 e. The van der Waals surface area contributed by atoms with Crippen LogP contribution in [0.15, 0.2) is 12.3 Å². The fourth-order valence-corrected chi connectivity index (χ4v) is 1.13. The van der Waals surface area contributed by atoms with E-state index in [1.807, 2.05) is 13.0 Å². The number of hydrogen-bond donors (Lipinski definition) is 1. The lowest BCUT2D eigenvalue weighted by molar-refractivity contribution is 1.21. The van der Waals surface area contributed by atoms with Gasteiger partial charge in [-0.25, -0.2) is 4.98 Å². The lowest BCUT2D eigenvalue weighted by Gasteiger charge is -2.02. The molecule has 1 rings (SSSR count). The van der Waals surface area contributed by atoms with Gasteiger partial charge in [-0.2, -0.15) is 0 Å². The van der Waals surface area contributed by atoms with Gasteiger partial charge in [0, 0.05) is 11.8 Å².